The van der Waals surface area contributed by atoms with Crippen molar-refractivity contribution in [1.29, 1.82) is 0 Å². The monoisotopic (exact) mass is 290 g/mol. The summed E-state index contributed by atoms with van der Waals surface area (Å²) in [7, 11) is 1.62. The van der Waals surface area contributed by atoms with Crippen molar-refractivity contribution in [3.05, 3.63) is 23.3 Å². The number of nitrogens with two attached hydrogens (primary N) is 1. The fraction of sp³-hybridized carbons (Fsp3) is 0.588. The highest BCUT2D eigenvalue weighted by atomic mass is 16.5. The standard InChI is InChI=1S/C17H26N2O2/c1-4-19(13-8-6-5-7-9-13)16-11-14(21-3)10-15(12(16)2)17(18)20/h10-11,13H,4-9H2,1-3H3,(H2,18,20). The van der Waals surface area contributed by atoms with Crippen LogP contribution in [0.1, 0.15) is 54.9 Å². The van der Waals surface area contributed by atoms with Crippen LogP contribution in [0.2, 0.25) is 0 Å². The number of hydrogen-bond acceptors (Lipinski definition) is 3. The average Bonchev–Trinajstić information content (AvgIpc) is 2.50. The van der Waals surface area contributed by atoms with Crippen LogP contribution in [-0.4, -0.2) is 25.6 Å². The molecule has 1 fully saturated rings. The third-order valence-electron chi connectivity index (χ3n) is 4.52. The van der Waals surface area contributed by atoms with Crippen LogP contribution in [0.3, 0.4) is 0 Å². The van der Waals surface area contributed by atoms with E-state index in [1.807, 2.05) is 13.0 Å². The Bertz CT molecular complexity index is 508. The van der Waals surface area contributed by atoms with Crippen molar-refractivity contribution in [1.82, 2.24) is 0 Å². The van der Waals surface area contributed by atoms with Gasteiger partial charge in [-0.2, -0.15) is 0 Å². The Morgan fingerprint density at radius 2 is 2.00 bits per heavy atom. The zero-order chi connectivity index (χ0) is 15.4. The Labute approximate surface area is 127 Å². The van der Waals surface area contributed by atoms with Gasteiger partial charge in [0.05, 0.1) is 7.11 Å². The third kappa shape index (κ3) is 3.31. The normalized spacial score (nSPS) is 15.8. The minimum atomic E-state index is -0.396. The minimum Gasteiger partial charge on any atom is -0.497 e. The molecule has 0 radical (unpaired) electrons. The number of amides is 1. The number of hydrogen-bond donors (Lipinski definition) is 1. The molecule has 2 rings (SSSR count). The maximum absolute atomic E-state index is 11.7. The lowest BCUT2D eigenvalue weighted by molar-refractivity contribution is 0.0999. The summed E-state index contributed by atoms with van der Waals surface area (Å²) >= 11 is 0. The van der Waals surface area contributed by atoms with Gasteiger partial charge in [-0.1, -0.05) is 19.3 Å². The smallest absolute Gasteiger partial charge is 0.249 e. The van der Waals surface area contributed by atoms with Gasteiger partial charge in [0.1, 0.15) is 5.75 Å². The van der Waals surface area contributed by atoms with Crippen molar-refractivity contribution in [2.75, 3.05) is 18.6 Å². The molecule has 1 aromatic rings. The maximum Gasteiger partial charge on any atom is 0.249 e. The van der Waals surface area contributed by atoms with Crippen LogP contribution < -0.4 is 15.4 Å². The Hall–Kier alpha value is -1.71. The number of anilines is 1. The molecular weight excluding hydrogens is 264 g/mol. The van der Waals surface area contributed by atoms with Crippen molar-refractivity contribution in [3.63, 3.8) is 0 Å². The lowest BCUT2D eigenvalue weighted by Crippen LogP contribution is -2.37. The second-order valence-electron chi connectivity index (χ2n) is 5.76. The quantitative estimate of drug-likeness (QED) is 0.905. The van der Waals surface area contributed by atoms with Gasteiger partial charge in [-0.15, -0.1) is 0 Å². The molecule has 0 unspecified atom stereocenters. The largest absolute Gasteiger partial charge is 0.497 e. The number of carbonyl (C=O) groups excluding carboxylic acids is 1. The average molecular weight is 290 g/mol. The van der Waals surface area contributed by atoms with Gasteiger partial charge in [-0.25, -0.2) is 0 Å². The van der Waals surface area contributed by atoms with Crippen LogP contribution in [-0.2, 0) is 0 Å². The molecule has 0 heterocycles. The van der Waals surface area contributed by atoms with Gasteiger partial charge in [0.15, 0.2) is 0 Å². The van der Waals surface area contributed by atoms with Crippen LogP contribution in [0.25, 0.3) is 0 Å². The molecule has 1 aliphatic rings. The van der Waals surface area contributed by atoms with Crippen LogP contribution >= 0.6 is 0 Å². The summed E-state index contributed by atoms with van der Waals surface area (Å²) in [5.41, 5.74) is 8.10. The summed E-state index contributed by atoms with van der Waals surface area (Å²) in [6.07, 6.45) is 6.34. The molecular formula is C17H26N2O2. The molecule has 0 bridgehead atoms. The SMILES string of the molecule is CCN(c1cc(OC)cc(C(N)=O)c1C)C1CCCCC1. The lowest BCUT2D eigenvalue weighted by Gasteiger charge is -2.36. The van der Waals surface area contributed by atoms with Gasteiger partial charge in [-0.3, -0.25) is 4.79 Å². The number of primary amides is 1. The van der Waals surface area contributed by atoms with E-state index >= 15 is 0 Å². The highest BCUT2D eigenvalue weighted by molar-refractivity contribution is 5.96. The number of carbonyl (C=O) groups is 1. The number of nitrogens with zero attached hydrogens (tertiary/aromatic N) is 1. The molecule has 0 aromatic heterocycles. The van der Waals surface area contributed by atoms with Gasteiger partial charge in [0, 0.05) is 29.9 Å². The van der Waals surface area contributed by atoms with Gasteiger partial charge in [-0.05, 0) is 38.3 Å². The lowest BCUT2D eigenvalue weighted by atomic mass is 9.93. The molecule has 1 aromatic carbocycles. The van der Waals surface area contributed by atoms with E-state index in [1.54, 1.807) is 13.2 Å². The van der Waals surface area contributed by atoms with Crippen LogP contribution in [0.15, 0.2) is 12.1 Å². The fourth-order valence-corrected chi connectivity index (χ4v) is 3.36. The second-order valence-corrected chi connectivity index (χ2v) is 5.76. The summed E-state index contributed by atoms with van der Waals surface area (Å²) in [4.78, 5) is 14.1. The van der Waals surface area contributed by atoms with Gasteiger partial charge in [0.2, 0.25) is 5.91 Å². The van der Waals surface area contributed by atoms with E-state index in [4.69, 9.17) is 10.5 Å². The summed E-state index contributed by atoms with van der Waals surface area (Å²) < 4.78 is 5.35. The van der Waals surface area contributed by atoms with E-state index in [0.29, 0.717) is 17.4 Å². The summed E-state index contributed by atoms with van der Waals surface area (Å²) in [5.74, 6) is 0.297. The molecule has 116 valence electrons. The fourth-order valence-electron chi connectivity index (χ4n) is 3.36. The molecule has 0 aliphatic heterocycles. The zero-order valence-electron chi connectivity index (χ0n) is 13.3. The summed E-state index contributed by atoms with van der Waals surface area (Å²) in [6, 6.07) is 4.31. The molecule has 1 amide bonds. The van der Waals surface area contributed by atoms with E-state index in [-0.39, 0.29) is 0 Å². The molecule has 21 heavy (non-hydrogen) atoms. The van der Waals surface area contributed by atoms with E-state index in [0.717, 1.165) is 17.8 Å². The van der Waals surface area contributed by atoms with Crippen LogP contribution in [0.5, 0.6) is 5.75 Å². The Balaban J connectivity index is 2.43. The molecule has 1 saturated carbocycles. The van der Waals surface area contributed by atoms with Crippen LogP contribution in [0.4, 0.5) is 5.69 Å². The first-order chi connectivity index (χ1) is 10.1. The first-order valence-corrected chi connectivity index (χ1v) is 7.83. The molecule has 0 spiro atoms. The Morgan fingerprint density at radius 1 is 1.33 bits per heavy atom. The summed E-state index contributed by atoms with van der Waals surface area (Å²) in [5, 5.41) is 0. The molecule has 4 heteroatoms. The first kappa shape index (κ1) is 15.7. The summed E-state index contributed by atoms with van der Waals surface area (Å²) in [6.45, 7) is 5.06. The third-order valence-corrected chi connectivity index (χ3v) is 4.52. The highest BCUT2D eigenvalue weighted by Gasteiger charge is 2.23. The van der Waals surface area contributed by atoms with Crippen LogP contribution in [0, 0.1) is 6.92 Å². The van der Waals surface area contributed by atoms with Crippen molar-refractivity contribution in [2.45, 2.75) is 52.0 Å². The van der Waals surface area contributed by atoms with E-state index in [2.05, 4.69) is 11.8 Å². The predicted octanol–water partition coefficient (Wildman–Crippen LogP) is 3.26. The van der Waals surface area contributed by atoms with Crippen molar-refractivity contribution in [3.8, 4) is 5.75 Å². The zero-order valence-corrected chi connectivity index (χ0v) is 13.3. The number of ether oxygens (including phenoxy) is 1. The Morgan fingerprint density at radius 3 is 2.52 bits per heavy atom. The second kappa shape index (κ2) is 6.83. The van der Waals surface area contributed by atoms with Crippen molar-refractivity contribution in [2.24, 2.45) is 5.73 Å². The molecule has 1 aliphatic carbocycles. The topological polar surface area (TPSA) is 55.6 Å². The number of rotatable bonds is 5. The minimum absolute atomic E-state index is 0.396. The Kier molecular flexibility index (Phi) is 5.10. The molecule has 2 N–H and O–H groups in total. The van der Waals surface area contributed by atoms with Crippen molar-refractivity contribution >= 4 is 11.6 Å². The van der Waals surface area contributed by atoms with Gasteiger partial charge >= 0.3 is 0 Å². The molecule has 0 atom stereocenters. The van der Waals surface area contributed by atoms with E-state index in [9.17, 15) is 4.79 Å². The van der Waals surface area contributed by atoms with E-state index in [1.165, 1.54) is 32.1 Å². The van der Waals surface area contributed by atoms with Gasteiger partial charge < -0.3 is 15.4 Å². The first-order valence-electron chi connectivity index (χ1n) is 7.83. The van der Waals surface area contributed by atoms with Crippen molar-refractivity contribution < 1.29 is 9.53 Å². The number of benzene rings is 1. The highest BCUT2D eigenvalue weighted by Crippen LogP contribution is 2.33. The maximum atomic E-state index is 11.7. The predicted molar refractivity (Wildman–Crippen MR) is 86.1 cm³/mol. The van der Waals surface area contributed by atoms with E-state index < -0.39 is 5.91 Å². The molecule has 0 saturated heterocycles. The van der Waals surface area contributed by atoms with Gasteiger partial charge in [0.25, 0.3) is 0 Å². The number of methoxy groups -OCH3 is 1. The molecule has 4 nitrogen and oxygen atoms in total.